The first kappa shape index (κ1) is 9.95. The van der Waals surface area contributed by atoms with E-state index in [0.29, 0.717) is 0 Å². The number of nitro groups is 1. The first-order valence-corrected chi connectivity index (χ1v) is 4.02. The van der Waals surface area contributed by atoms with E-state index in [1.54, 1.807) is 0 Å². The molecule has 0 aliphatic carbocycles. The van der Waals surface area contributed by atoms with Crippen LogP contribution in [0.15, 0.2) is 18.2 Å². The molecule has 0 fully saturated rings. The Morgan fingerprint density at radius 1 is 1.62 bits per heavy atom. The Morgan fingerprint density at radius 2 is 2.23 bits per heavy atom. The van der Waals surface area contributed by atoms with Gasteiger partial charge in [-0.3, -0.25) is 10.1 Å². The zero-order valence-corrected chi connectivity index (χ0v) is 7.65. The summed E-state index contributed by atoms with van der Waals surface area (Å²) in [7, 11) is 0. The Balaban J connectivity index is 3.34. The number of rotatable bonds is 2. The number of nitrogens with zero attached hydrogens (tertiary/aromatic N) is 1. The van der Waals surface area contributed by atoms with Gasteiger partial charge in [-0.2, -0.15) is 0 Å². The van der Waals surface area contributed by atoms with Crippen LogP contribution in [0.4, 0.5) is 5.69 Å². The van der Waals surface area contributed by atoms with E-state index in [1.165, 1.54) is 25.1 Å². The molecule has 0 aliphatic rings. The third kappa shape index (κ3) is 1.96. The molecule has 0 bridgehead atoms. The molecule has 1 rings (SSSR count). The van der Waals surface area contributed by atoms with Crippen LogP contribution >= 0.6 is 11.6 Å². The zero-order chi connectivity index (χ0) is 10.0. The summed E-state index contributed by atoms with van der Waals surface area (Å²) < 4.78 is 0. The van der Waals surface area contributed by atoms with Gasteiger partial charge in [0.2, 0.25) is 0 Å². The van der Waals surface area contributed by atoms with Crippen LogP contribution in [-0.4, -0.2) is 10.0 Å². The quantitative estimate of drug-likeness (QED) is 0.590. The second kappa shape index (κ2) is 3.72. The van der Waals surface area contributed by atoms with Crippen LogP contribution in [-0.2, 0) is 0 Å². The van der Waals surface area contributed by atoms with Crippen LogP contribution in [0, 0.1) is 10.1 Å². The predicted molar refractivity (Wildman–Crippen MR) is 48.7 cm³/mol. The fourth-order valence-corrected chi connectivity index (χ4v) is 1.43. The van der Waals surface area contributed by atoms with Gasteiger partial charge in [-0.25, -0.2) is 0 Å². The Morgan fingerprint density at radius 3 is 2.62 bits per heavy atom. The second-order valence-electron chi connectivity index (χ2n) is 2.61. The molecule has 0 aliphatic heterocycles. The van der Waals surface area contributed by atoms with Gasteiger partial charge in [0.25, 0.3) is 5.69 Å². The van der Waals surface area contributed by atoms with Gasteiger partial charge in [0, 0.05) is 6.07 Å². The lowest BCUT2D eigenvalue weighted by Crippen LogP contribution is -1.99. The van der Waals surface area contributed by atoms with Gasteiger partial charge in [-0.15, -0.1) is 0 Å². The van der Waals surface area contributed by atoms with E-state index < -0.39 is 11.0 Å². The van der Waals surface area contributed by atoms with Crippen molar-refractivity contribution in [3.63, 3.8) is 0 Å². The maximum Gasteiger partial charge on any atom is 0.276 e. The Labute approximate surface area is 79.9 Å². The minimum atomic E-state index is -0.936. The smallest absolute Gasteiger partial charge is 0.276 e. The van der Waals surface area contributed by atoms with Crippen molar-refractivity contribution in [1.29, 1.82) is 0 Å². The van der Waals surface area contributed by atoms with Crippen molar-refractivity contribution < 1.29 is 10.0 Å². The molecule has 0 heterocycles. The number of nitro benzene ring substituents is 1. The number of benzene rings is 1. The molecular formula is C8H8ClNO3. The molecule has 0 saturated heterocycles. The van der Waals surface area contributed by atoms with E-state index >= 15 is 0 Å². The maximum absolute atomic E-state index is 10.5. The van der Waals surface area contributed by atoms with Crippen LogP contribution in [0.3, 0.4) is 0 Å². The maximum atomic E-state index is 10.5. The SMILES string of the molecule is C[C@H](O)c1c(Cl)cccc1[N+](=O)[O-]. The average Bonchev–Trinajstić information content (AvgIpc) is 2.02. The van der Waals surface area contributed by atoms with Crippen molar-refractivity contribution >= 4 is 17.3 Å². The lowest BCUT2D eigenvalue weighted by atomic mass is 10.1. The van der Waals surface area contributed by atoms with Gasteiger partial charge in [-0.05, 0) is 13.0 Å². The molecule has 1 N–H and O–H groups in total. The van der Waals surface area contributed by atoms with Gasteiger partial charge >= 0.3 is 0 Å². The molecule has 5 heteroatoms. The number of aliphatic hydroxyl groups is 1. The Bertz CT molecular complexity index is 338. The molecule has 0 saturated carbocycles. The monoisotopic (exact) mass is 201 g/mol. The first-order chi connectivity index (χ1) is 6.04. The summed E-state index contributed by atoms with van der Waals surface area (Å²) in [6.45, 7) is 1.44. The fraction of sp³-hybridized carbons (Fsp3) is 0.250. The van der Waals surface area contributed by atoms with Gasteiger partial charge in [-0.1, -0.05) is 17.7 Å². The fourth-order valence-electron chi connectivity index (χ4n) is 1.10. The molecule has 1 atom stereocenters. The van der Waals surface area contributed by atoms with E-state index in [-0.39, 0.29) is 16.3 Å². The van der Waals surface area contributed by atoms with Gasteiger partial charge in [0.1, 0.15) is 0 Å². The van der Waals surface area contributed by atoms with Crippen molar-refractivity contribution in [2.24, 2.45) is 0 Å². The van der Waals surface area contributed by atoms with Crippen LogP contribution in [0.1, 0.15) is 18.6 Å². The molecule has 1 aromatic carbocycles. The number of hydrogen-bond donors (Lipinski definition) is 1. The highest BCUT2D eigenvalue weighted by Gasteiger charge is 2.19. The minimum Gasteiger partial charge on any atom is -0.388 e. The van der Waals surface area contributed by atoms with Gasteiger partial charge in [0.05, 0.1) is 21.6 Å². The molecule has 4 nitrogen and oxygen atoms in total. The molecule has 0 aromatic heterocycles. The van der Waals surface area contributed by atoms with E-state index in [1.807, 2.05) is 0 Å². The summed E-state index contributed by atoms with van der Waals surface area (Å²) in [5.74, 6) is 0. The predicted octanol–water partition coefficient (Wildman–Crippen LogP) is 2.30. The number of aliphatic hydroxyl groups excluding tert-OH is 1. The van der Waals surface area contributed by atoms with Gasteiger partial charge in [0.15, 0.2) is 0 Å². The van der Waals surface area contributed by atoms with E-state index in [9.17, 15) is 15.2 Å². The average molecular weight is 202 g/mol. The topological polar surface area (TPSA) is 63.4 Å². The molecule has 13 heavy (non-hydrogen) atoms. The van der Waals surface area contributed by atoms with E-state index in [2.05, 4.69) is 0 Å². The molecule has 70 valence electrons. The van der Waals surface area contributed by atoms with E-state index in [0.717, 1.165) is 0 Å². The third-order valence-electron chi connectivity index (χ3n) is 1.64. The number of hydrogen-bond acceptors (Lipinski definition) is 3. The molecule has 0 unspecified atom stereocenters. The normalized spacial score (nSPS) is 12.5. The van der Waals surface area contributed by atoms with Crippen LogP contribution < -0.4 is 0 Å². The zero-order valence-electron chi connectivity index (χ0n) is 6.90. The molecule has 0 amide bonds. The summed E-state index contributed by atoms with van der Waals surface area (Å²) >= 11 is 5.70. The van der Waals surface area contributed by atoms with Crippen molar-refractivity contribution in [2.75, 3.05) is 0 Å². The van der Waals surface area contributed by atoms with Gasteiger partial charge < -0.3 is 5.11 Å². The summed E-state index contributed by atoms with van der Waals surface area (Å²) in [5, 5.41) is 20.0. The molecule has 0 spiro atoms. The second-order valence-corrected chi connectivity index (χ2v) is 3.01. The summed E-state index contributed by atoms with van der Waals surface area (Å²) in [4.78, 5) is 9.95. The minimum absolute atomic E-state index is 0.150. The number of halogens is 1. The summed E-state index contributed by atoms with van der Waals surface area (Å²) in [6, 6.07) is 4.30. The lowest BCUT2D eigenvalue weighted by molar-refractivity contribution is -0.386. The highest BCUT2D eigenvalue weighted by atomic mass is 35.5. The van der Waals surface area contributed by atoms with Crippen molar-refractivity contribution in [3.8, 4) is 0 Å². The third-order valence-corrected chi connectivity index (χ3v) is 1.97. The molecular weight excluding hydrogens is 194 g/mol. The summed E-state index contributed by atoms with van der Waals surface area (Å²) in [6.07, 6.45) is -0.936. The standard InChI is InChI=1S/C8H8ClNO3/c1-5(11)8-6(9)3-2-4-7(8)10(12)13/h2-5,11H,1H3/t5-/m0/s1. The largest absolute Gasteiger partial charge is 0.388 e. The lowest BCUT2D eigenvalue weighted by Gasteiger charge is -2.06. The Kier molecular flexibility index (Phi) is 2.85. The molecule has 1 aromatic rings. The summed E-state index contributed by atoms with van der Waals surface area (Å²) in [5.41, 5.74) is 0.0108. The van der Waals surface area contributed by atoms with Crippen LogP contribution in [0.2, 0.25) is 5.02 Å². The molecule has 0 radical (unpaired) electrons. The highest BCUT2D eigenvalue weighted by Crippen LogP contribution is 2.31. The van der Waals surface area contributed by atoms with Crippen molar-refractivity contribution in [2.45, 2.75) is 13.0 Å². The van der Waals surface area contributed by atoms with Crippen LogP contribution in [0.5, 0.6) is 0 Å². The van der Waals surface area contributed by atoms with Crippen molar-refractivity contribution in [3.05, 3.63) is 38.9 Å². The first-order valence-electron chi connectivity index (χ1n) is 3.65. The van der Waals surface area contributed by atoms with Crippen molar-refractivity contribution in [1.82, 2.24) is 0 Å². The van der Waals surface area contributed by atoms with E-state index in [4.69, 9.17) is 11.6 Å². The Hall–Kier alpha value is -1.13. The highest BCUT2D eigenvalue weighted by molar-refractivity contribution is 6.31. The van der Waals surface area contributed by atoms with Crippen LogP contribution in [0.25, 0.3) is 0 Å².